The molecule has 1 N–H and O–H groups in total. The molecule has 0 spiro atoms. The molecule has 1 aromatic carbocycles. The zero-order chi connectivity index (χ0) is 12.3. The van der Waals surface area contributed by atoms with E-state index in [9.17, 15) is 4.79 Å². The molecule has 0 aliphatic heterocycles. The molecule has 0 heterocycles. The van der Waals surface area contributed by atoms with Gasteiger partial charge in [-0.05, 0) is 12.5 Å². The zero-order valence-electron chi connectivity index (χ0n) is 10.7. The maximum Gasteiger partial charge on any atom is 0.224 e. The largest absolute Gasteiger partial charge is 0.326 e. The maximum absolute atomic E-state index is 11.6. The summed E-state index contributed by atoms with van der Waals surface area (Å²) in [6.07, 6.45) is 7.89. The third-order valence-corrected chi connectivity index (χ3v) is 2.74. The van der Waals surface area contributed by atoms with E-state index in [4.69, 9.17) is 0 Å². The second-order valence-electron chi connectivity index (χ2n) is 4.34. The molecule has 1 amide bonds. The average Bonchev–Trinajstić information content (AvgIpc) is 2.35. The van der Waals surface area contributed by atoms with E-state index in [0.717, 1.165) is 18.5 Å². The van der Waals surface area contributed by atoms with Crippen LogP contribution in [-0.2, 0) is 4.79 Å². The van der Waals surface area contributed by atoms with Crippen molar-refractivity contribution in [2.45, 2.75) is 51.9 Å². The number of carbonyl (C=O) groups excluding carboxylic acids is 1. The normalized spacial score (nSPS) is 10.2. The molecule has 2 nitrogen and oxygen atoms in total. The number of nitrogens with one attached hydrogen (secondary N) is 1. The summed E-state index contributed by atoms with van der Waals surface area (Å²) in [5.74, 6) is 0.0999. The monoisotopic (exact) mass is 232 g/mol. The minimum absolute atomic E-state index is 0.0999. The molecular weight excluding hydrogens is 210 g/mol. The van der Waals surface area contributed by atoms with Gasteiger partial charge in [0, 0.05) is 18.2 Å². The number of amides is 1. The summed E-state index contributed by atoms with van der Waals surface area (Å²) in [7, 11) is 0. The molecule has 2 heteroatoms. The number of benzene rings is 1. The SMILES string of the molecule is CCCCCCCCC(=O)Nc1[c]cccc1. The smallest absolute Gasteiger partial charge is 0.224 e. The van der Waals surface area contributed by atoms with Crippen molar-refractivity contribution in [3.8, 4) is 0 Å². The Balaban J connectivity index is 2.06. The van der Waals surface area contributed by atoms with Crippen molar-refractivity contribution in [3.63, 3.8) is 0 Å². The maximum atomic E-state index is 11.6. The fourth-order valence-corrected chi connectivity index (χ4v) is 1.75. The molecule has 1 aromatic rings. The molecule has 0 aliphatic carbocycles. The van der Waals surface area contributed by atoms with Crippen molar-refractivity contribution in [2.75, 3.05) is 5.32 Å². The summed E-state index contributed by atoms with van der Waals surface area (Å²) in [5, 5.41) is 2.85. The Labute approximate surface area is 104 Å². The predicted molar refractivity (Wildman–Crippen MR) is 71.9 cm³/mol. The van der Waals surface area contributed by atoms with Crippen LogP contribution in [0.25, 0.3) is 0 Å². The first-order valence-electron chi connectivity index (χ1n) is 6.59. The van der Waals surface area contributed by atoms with E-state index in [1.54, 1.807) is 6.07 Å². The Bertz CT molecular complexity index is 308. The summed E-state index contributed by atoms with van der Waals surface area (Å²) >= 11 is 0. The van der Waals surface area contributed by atoms with E-state index in [1.807, 2.05) is 18.2 Å². The molecule has 0 aromatic heterocycles. The summed E-state index contributed by atoms with van der Waals surface area (Å²) in [4.78, 5) is 11.6. The fourth-order valence-electron chi connectivity index (χ4n) is 1.75. The minimum atomic E-state index is 0.0999. The highest BCUT2D eigenvalue weighted by molar-refractivity contribution is 5.90. The van der Waals surface area contributed by atoms with Gasteiger partial charge in [0.05, 0.1) is 0 Å². The summed E-state index contributed by atoms with van der Waals surface area (Å²) in [6, 6.07) is 10.4. The van der Waals surface area contributed by atoms with Gasteiger partial charge < -0.3 is 5.32 Å². The van der Waals surface area contributed by atoms with E-state index in [1.165, 1.54) is 25.7 Å². The number of carbonyl (C=O) groups is 1. The number of hydrogen-bond acceptors (Lipinski definition) is 1. The van der Waals surface area contributed by atoms with Crippen LogP contribution in [0.4, 0.5) is 5.69 Å². The molecule has 0 saturated carbocycles. The lowest BCUT2D eigenvalue weighted by molar-refractivity contribution is -0.116. The standard InChI is InChI=1S/C15H22NO/c1-2-3-4-5-6-10-13-15(17)16-14-11-8-7-9-12-14/h7-9,11H,2-6,10,13H2,1H3,(H,16,17). The van der Waals surface area contributed by atoms with Crippen LogP contribution in [0.3, 0.4) is 0 Å². The molecule has 0 fully saturated rings. The lowest BCUT2D eigenvalue weighted by atomic mass is 10.1. The van der Waals surface area contributed by atoms with Gasteiger partial charge in [-0.3, -0.25) is 4.79 Å². The molecule has 0 bridgehead atoms. The van der Waals surface area contributed by atoms with Crippen LogP contribution in [0.2, 0.25) is 0 Å². The Kier molecular flexibility index (Phi) is 7.12. The van der Waals surface area contributed by atoms with Gasteiger partial charge in [-0.1, -0.05) is 57.2 Å². The summed E-state index contributed by atoms with van der Waals surface area (Å²) in [5.41, 5.74) is 0.767. The Hall–Kier alpha value is -1.31. The highest BCUT2D eigenvalue weighted by Crippen LogP contribution is 2.09. The van der Waals surface area contributed by atoms with Crippen LogP contribution in [0.1, 0.15) is 51.9 Å². The molecule has 1 radical (unpaired) electrons. The minimum Gasteiger partial charge on any atom is -0.326 e. The first kappa shape index (κ1) is 13.8. The second kappa shape index (κ2) is 8.80. The lowest BCUT2D eigenvalue weighted by Gasteiger charge is -2.04. The Morgan fingerprint density at radius 1 is 1.18 bits per heavy atom. The van der Waals surface area contributed by atoms with Crippen LogP contribution in [0.5, 0.6) is 0 Å². The van der Waals surface area contributed by atoms with Crippen molar-refractivity contribution in [3.05, 3.63) is 30.3 Å². The number of anilines is 1. The first-order chi connectivity index (χ1) is 8.33. The Morgan fingerprint density at radius 2 is 1.94 bits per heavy atom. The van der Waals surface area contributed by atoms with Gasteiger partial charge in [0.25, 0.3) is 0 Å². The van der Waals surface area contributed by atoms with Crippen LogP contribution in [0.15, 0.2) is 24.3 Å². The van der Waals surface area contributed by atoms with Gasteiger partial charge in [-0.15, -0.1) is 0 Å². The third-order valence-electron chi connectivity index (χ3n) is 2.74. The zero-order valence-corrected chi connectivity index (χ0v) is 10.7. The van der Waals surface area contributed by atoms with Crippen molar-refractivity contribution in [2.24, 2.45) is 0 Å². The van der Waals surface area contributed by atoms with Gasteiger partial charge in [-0.25, -0.2) is 0 Å². The van der Waals surface area contributed by atoms with Crippen molar-refractivity contribution < 1.29 is 4.79 Å². The summed E-state index contributed by atoms with van der Waals surface area (Å²) < 4.78 is 0. The summed E-state index contributed by atoms with van der Waals surface area (Å²) in [6.45, 7) is 2.21. The molecule has 93 valence electrons. The van der Waals surface area contributed by atoms with E-state index in [0.29, 0.717) is 6.42 Å². The van der Waals surface area contributed by atoms with Gasteiger partial charge in [0.1, 0.15) is 0 Å². The number of unbranched alkanes of at least 4 members (excludes halogenated alkanes) is 5. The van der Waals surface area contributed by atoms with Crippen LogP contribution in [0, 0.1) is 6.07 Å². The van der Waals surface area contributed by atoms with Gasteiger partial charge in [0.2, 0.25) is 5.91 Å². The number of rotatable bonds is 8. The van der Waals surface area contributed by atoms with E-state index >= 15 is 0 Å². The topological polar surface area (TPSA) is 29.1 Å². The fraction of sp³-hybridized carbons (Fsp3) is 0.533. The third kappa shape index (κ3) is 6.77. The van der Waals surface area contributed by atoms with E-state index < -0.39 is 0 Å². The average molecular weight is 232 g/mol. The molecule has 1 rings (SSSR count). The van der Waals surface area contributed by atoms with Crippen molar-refractivity contribution >= 4 is 11.6 Å². The van der Waals surface area contributed by atoms with Gasteiger partial charge >= 0.3 is 0 Å². The van der Waals surface area contributed by atoms with Crippen molar-refractivity contribution in [1.82, 2.24) is 0 Å². The van der Waals surface area contributed by atoms with Crippen molar-refractivity contribution in [1.29, 1.82) is 0 Å². The quantitative estimate of drug-likeness (QED) is 0.669. The van der Waals surface area contributed by atoms with Crippen LogP contribution in [-0.4, -0.2) is 5.91 Å². The van der Waals surface area contributed by atoms with Gasteiger partial charge in [-0.2, -0.15) is 0 Å². The second-order valence-corrected chi connectivity index (χ2v) is 4.34. The first-order valence-corrected chi connectivity index (χ1v) is 6.59. The molecule has 0 atom stereocenters. The van der Waals surface area contributed by atoms with E-state index in [-0.39, 0.29) is 5.91 Å². The molecular formula is C15H22NO. The highest BCUT2D eigenvalue weighted by Gasteiger charge is 2.01. The Morgan fingerprint density at radius 3 is 2.65 bits per heavy atom. The van der Waals surface area contributed by atoms with E-state index in [2.05, 4.69) is 18.3 Å². The van der Waals surface area contributed by atoms with Crippen LogP contribution >= 0.6 is 0 Å². The van der Waals surface area contributed by atoms with Crippen LogP contribution < -0.4 is 5.32 Å². The molecule has 17 heavy (non-hydrogen) atoms. The molecule has 0 unspecified atom stereocenters. The lowest BCUT2D eigenvalue weighted by Crippen LogP contribution is -2.10. The molecule has 0 aliphatic rings. The van der Waals surface area contributed by atoms with Gasteiger partial charge in [0.15, 0.2) is 0 Å². The molecule has 0 saturated heterocycles. The number of para-hydroxylation sites is 1. The predicted octanol–water partition coefficient (Wildman–Crippen LogP) is 4.18. The number of hydrogen-bond donors (Lipinski definition) is 1. The highest BCUT2D eigenvalue weighted by atomic mass is 16.1.